The van der Waals surface area contributed by atoms with Crippen LogP contribution in [-0.2, 0) is 14.3 Å². The van der Waals surface area contributed by atoms with Gasteiger partial charge < -0.3 is 10.1 Å². The van der Waals surface area contributed by atoms with E-state index >= 15 is 0 Å². The zero-order valence-electron chi connectivity index (χ0n) is 14.9. The molecule has 1 amide bonds. The number of rotatable bonds is 7. The van der Waals surface area contributed by atoms with Gasteiger partial charge in [0, 0.05) is 11.6 Å². The molecule has 0 aliphatic carbocycles. The van der Waals surface area contributed by atoms with Gasteiger partial charge in [0.1, 0.15) is 0 Å². The Morgan fingerprint density at radius 2 is 1.73 bits per heavy atom. The summed E-state index contributed by atoms with van der Waals surface area (Å²) in [6.45, 7) is 4.21. The van der Waals surface area contributed by atoms with Crippen LogP contribution in [0.1, 0.15) is 25.0 Å². The standard InChI is InChI=1S/C21H22ClNO3/c1-15(2)13-23-20(24)14-26-21(25)19(12-16-6-4-3-5-7-16)17-8-10-18(22)11-9-17/h3-12,15H,13-14H2,1-2H3,(H,23,24)/b19-12+. The Morgan fingerprint density at radius 3 is 2.35 bits per heavy atom. The van der Waals surface area contributed by atoms with E-state index in [1.807, 2.05) is 44.2 Å². The van der Waals surface area contributed by atoms with E-state index in [4.69, 9.17) is 16.3 Å². The molecule has 0 saturated carbocycles. The first kappa shape index (κ1) is 19.7. The van der Waals surface area contributed by atoms with E-state index in [1.54, 1.807) is 30.3 Å². The maximum Gasteiger partial charge on any atom is 0.339 e. The van der Waals surface area contributed by atoms with Crippen LogP contribution >= 0.6 is 11.6 Å². The molecular formula is C21H22ClNO3. The minimum Gasteiger partial charge on any atom is -0.452 e. The lowest BCUT2D eigenvalue weighted by molar-refractivity contribution is -0.142. The third kappa shape index (κ3) is 6.37. The lowest BCUT2D eigenvalue weighted by atomic mass is 10.0. The summed E-state index contributed by atoms with van der Waals surface area (Å²) >= 11 is 5.93. The summed E-state index contributed by atoms with van der Waals surface area (Å²) < 4.78 is 5.20. The van der Waals surface area contributed by atoms with E-state index < -0.39 is 5.97 Å². The smallest absolute Gasteiger partial charge is 0.339 e. The van der Waals surface area contributed by atoms with E-state index in [0.29, 0.717) is 28.6 Å². The molecule has 4 nitrogen and oxygen atoms in total. The Morgan fingerprint density at radius 1 is 1.08 bits per heavy atom. The average molecular weight is 372 g/mol. The topological polar surface area (TPSA) is 55.4 Å². The lowest BCUT2D eigenvalue weighted by Gasteiger charge is -2.11. The van der Waals surface area contributed by atoms with E-state index in [9.17, 15) is 9.59 Å². The Labute approximate surface area is 158 Å². The van der Waals surface area contributed by atoms with Gasteiger partial charge >= 0.3 is 5.97 Å². The highest BCUT2D eigenvalue weighted by molar-refractivity contribution is 6.30. The number of esters is 1. The number of nitrogens with one attached hydrogen (secondary N) is 1. The number of benzene rings is 2. The van der Waals surface area contributed by atoms with Gasteiger partial charge in [0.25, 0.3) is 5.91 Å². The Bertz CT molecular complexity index is 768. The van der Waals surface area contributed by atoms with Gasteiger partial charge in [-0.05, 0) is 35.3 Å². The highest BCUT2D eigenvalue weighted by Gasteiger charge is 2.16. The van der Waals surface area contributed by atoms with Crippen molar-refractivity contribution < 1.29 is 14.3 Å². The molecule has 0 fully saturated rings. The number of hydrogen-bond acceptors (Lipinski definition) is 3. The number of hydrogen-bond donors (Lipinski definition) is 1. The Kier molecular flexibility index (Phi) is 7.42. The SMILES string of the molecule is CC(C)CNC(=O)COC(=O)/C(=C/c1ccccc1)c1ccc(Cl)cc1. The minimum atomic E-state index is -0.559. The number of carbonyl (C=O) groups is 2. The monoisotopic (exact) mass is 371 g/mol. The predicted octanol–water partition coefficient (Wildman–Crippen LogP) is 4.20. The normalized spacial score (nSPS) is 11.3. The van der Waals surface area contributed by atoms with Crippen LogP contribution in [0.15, 0.2) is 54.6 Å². The summed E-state index contributed by atoms with van der Waals surface area (Å²) in [6, 6.07) is 16.4. The molecule has 0 aromatic heterocycles. The molecule has 0 atom stereocenters. The first-order chi connectivity index (χ1) is 12.5. The van der Waals surface area contributed by atoms with Gasteiger partial charge in [0.2, 0.25) is 0 Å². The molecule has 5 heteroatoms. The zero-order chi connectivity index (χ0) is 18.9. The predicted molar refractivity (Wildman–Crippen MR) is 105 cm³/mol. The van der Waals surface area contributed by atoms with Crippen LogP contribution in [0.4, 0.5) is 0 Å². The molecule has 26 heavy (non-hydrogen) atoms. The van der Waals surface area contributed by atoms with Gasteiger partial charge in [-0.25, -0.2) is 4.79 Å². The summed E-state index contributed by atoms with van der Waals surface area (Å²) in [4.78, 5) is 24.4. The molecule has 0 saturated heterocycles. The molecule has 0 aliphatic heterocycles. The van der Waals surface area contributed by atoms with Gasteiger partial charge in [0.05, 0.1) is 5.57 Å². The van der Waals surface area contributed by atoms with Crippen LogP contribution in [-0.4, -0.2) is 25.0 Å². The minimum absolute atomic E-state index is 0.314. The number of ether oxygens (including phenoxy) is 1. The van der Waals surface area contributed by atoms with E-state index in [1.165, 1.54) is 0 Å². The molecule has 0 unspecified atom stereocenters. The van der Waals surface area contributed by atoms with Crippen LogP contribution in [0, 0.1) is 5.92 Å². The van der Waals surface area contributed by atoms with Gasteiger partial charge in [-0.3, -0.25) is 4.79 Å². The van der Waals surface area contributed by atoms with Crippen molar-refractivity contribution in [2.75, 3.05) is 13.2 Å². The van der Waals surface area contributed by atoms with E-state index in [0.717, 1.165) is 5.56 Å². The molecule has 2 aromatic carbocycles. The molecule has 0 spiro atoms. The maximum atomic E-state index is 12.6. The molecule has 1 N–H and O–H groups in total. The van der Waals surface area contributed by atoms with E-state index in [2.05, 4.69) is 5.32 Å². The highest BCUT2D eigenvalue weighted by Crippen LogP contribution is 2.22. The third-order valence-electron chi connectivity index (χ3n) is 3.53. The first-order valence-electron chi connectivity index (χ1n) is 8.42. The quantitative estimate of drug-likeness (QED) is 0.451. The van der Waals surface area contributed by atoms with Crippen molar-refractivity contribution in [3.05, 3.63) is 70.7 Å². The van der Waals surface area contributed by atoms with Crippen molar-refractivity contribution in [2.45, 2.75) is 13.8 Å². The van der Waals surface area contributed by atoms with Crippen LogP contribution in [0.5, 0.6) is 0 Å². The second-order valence-electron chi connectivity index (χ2n) is 6.25. The fourth-order valence-corrected chi connectivity index (χ4v) is 2.31. The number of carbonyl (C=O) groups excluding carboxylic acids is 2. The van der Waals surface area contributed by atoms with Crippen molar-refractivity contribution in [3.8, 4) is 0 Å². The van der Waals surface area contributed by atoms with Crippen LogP contribution < -0.4 is 5.32 Å². The van der Waals surface area contributed by atoms with Gasteiger partial charge in [-0.15, -0.1) is 0 Å². The van der Waals surface area contributed by atoms with Crippen LogP contribution in [0.2, 0.25) is 5.02 Å². The second-order valence-corrected chi connectivity index (χ2v) is 6.69. The van der Waals surface area contributed by atoms with Crippen molar-refractivity contribution in [1.29, 1.82) is 0 Å². The average Bonchev–Trinajstić information content (AvgIpc) is 2.64. The van der Waals surface area contributed by atoms with Gasteiger partial charge in [0.15, 0.2) is 6.61 Å². The van der Waals surface area contributed by atoms with Crippen LogP contribution in [0.3, 0.4) is 0 Å². The Balaban J connectivity index is 2.15. The molecule has 0 aliphatic rings. The summed E-state index contributed by atoms with van der Waals surface area (Å²) in [7, 11) is 0. The fourth-order valence-electron chi connectivity index (χ4n) is 2.18. The molecule has 2 aromatic rings. The van der Waals surface area contributed by atoms with E-state index in [-0.39, 0.29) is 12.5 Å². The van der Waals surface area contributed by atoms with Gasteiger partial charge in [-0.2, -0.15) is 0 Å². The van der Waals surface area contributed by atoms with Gasteiger partial charge in [-0.1, -0.05) is 67.9 Å². The highest BCUT2D eigenvalue weighted by atomic mass is 35.5. The largest absolute Gasteiger partial charge is 0.452 e. The van der Waals surface area contributed by atoms with Crippen LogP contribution in [0.25, 0.3) is 11.6 Å². The van der Waals surface area contributed by atoms with Crippen molar-refractivity contribution >= 4 is 35.1 Å². The fraction of sp³-hybridized carbons (Fsp3) is 0.238. The van der Waals surface area contributed by atoms with Crippen molar-refractivity contribution in [1.82, 2.24) is 5.32 Å². The summed E-state index contributed by atoms with van der Waals surface area (Å²) in [5.74, 6) is -0.546. The first-order valence-corrected chi connectivity index (χ1v) is 8.80. The molecule has 0 bridgehead atoms. The number of amides is 1. The summed E-state index contributed by atoms with van der Waals surface area (Å²) in [5, 5.41) is 3.30. The van der Waals surface area contributed by atoms with Crippen molar-refractivity contribution in [3.63, 3.8) is 0 Å². The molecule has 0 radical (unpaired) electrons. The van der Waals surface area contributed by atoms with Crippen molar-refractivity contribution in [2.24, 2.45) is 5.92 Å². The third-order valence-corrected chi connectivity index (χ3v) is 3.78. The lowest BCUT2D eigenvalue weighted by Crippen LogP contribution is -2.31. The Hall–Kier alpha value is -2.59. The zero-order valence-corrected chi connectivity index (χ0v) is 15.6. The molecule has 0 heterocycles. The molecule has 136 valence electrons. The summed E-state index contributed by atoms with van der Waals surface area (Å²) in [5.41, 5.74) is 1.90. The summed E-state index contributed by atoms with van der Waals surface area (Å²) in [6.07, 6.45) is 1.73. The molecular weight excluding hydrogens is 350 g/mol. The second kappa shape index (κ2) is 9.78. The maximum absolute atomic E-state index is 12.6. The number of halogens is 1. The molecule has 2 rings (SSSR count).